The molecular formula is C18H18N2O. The second-order valence-corrected chi connectivity index (χ2v) is 5.18. The maximum atomic E-state index is 12.2. The Labute approximate surface area is 123 Å². The first kappa shape index (κ1) is 13.6. The molecule has 1 aromatic heterocycles. The molecule has 0 saturated carbocycles. The van der Waals surface area contributed by atoms with Crippen molar-refractivity contribution in [3.05, 3.63) is 82.6 Å². The van der Waals surface area contributed by atoms with Gasteiger partial charge in [-0.15, -0.1) is 0 Å². The van der Waals surface area contributed by atoms with E-state index in [0.717, 1.165) is 10.9 Å². The Balaban J connectivity index is 2.04. The van der Waals surface area contributed by atoms with Gasteiger partial charge in [0, 0.05) is 25.1 Å². The Morgan fingerprint density at radius 3 is 2.38 bits per heavy atom. The number of aromatic nitrogens is 1. The number of fused-ring (bicyclic) bond motifs is 1. The number of para-hydroxylation sites is 1. The van der Waals surface area contributed by atoms with Gasteiger partial charge in [-0.2, -0.15) is 0 Å². The van der Waals surface area contributed by atoms with E-state index in [9.17, 15) is 4.79 Å². The molecule has 2 aromatic carbocycles. The Kier molecular flexibility index (Phi) is 3.84. The number of nitrogens with zero attached hydrogens (tertiary/aromatic N) is 1. The maximum absolute atomic E-state index is 12.2. The first-order valence-corrected chi connectivity index (χ1v) is 7.13. The van der Waals surface area contributed by atoms with Gasteiger partial charge < -0.3 is 10.3 Å². The molecule has 3 rings (SSSR count). The molecule has 0 bridgehead atoms. The summed E-state index contributed by atoms with van der Waals surface area (Å²) in [6.07, 6.45) is 0. The minimum atomic E-state index is 0.0167. The summed E-state index contributed by atoms with van der Waals surface area (Å²) in [6, 6.07) is 21.6. The molecule has 0 fully saturated rings. The van der Waals surface area contributed by atoms with E-state index in [2.05, 4.69) is 12.1 Å². The summed E-state index contributed by atoms with van der Waals surface area (Å²) < 4.78 is 1.82. The number of hydrogen-bond donors (Lipinski definition) is 1. The number of benzene rings is 2. The van der Waals surface area contributed by atoms with Crippen LogP contribution in [0.4, 0.5) is 0 Å². The van der Waals surface area contributed by atoms with E-state index in [0.29, 0.717) is 13.1 Å². The van der Waals surface area contributed by atoms with Crippen molar-refractivity contribution in [3.63, 3.8) is 0 Å². The predicted molar refractivity (Wildman–Crippen MR) is 86.4 cm³/mol. The number of rotatable bonds is 4. The van der Waals surface area contributed by atoms with Crippen LogP contribution in [0.15, 0.2) is 71.5 Å². The van der Waals surface area contributed by atoms with E-state index in [4.69, 9.17) is 5.73 Å². The first-order valence-electron chi connectivity index (χ1n) is 7.13. The normalized spacial score (nSPS) is 12.4. The van der Waals surface area contributed by atoms with Crippen molar-refractivity contribution in [1.29, 1.82) is 0 Å². The summed E-state index contributed by atoms with van der Waals surface area (Å²) >= 11 is 0. The summed E-state index contributed by atoms with van der Waals surface area (Å²) in [6.45, 7) is 1.11. The summed E-state index contributed by atoms with van der Waals surface area (Å²) in [5, 5.41) is 1.07. The maximum Gasteiger partial charge on any atom is 0.251 e. The molecule has 3 heteroatoms. The average Bonchev–Trinajstić information content (AvgIpc) is 2.55. The zero-order valence-electron chi connectivity index (χ0n) is 11.8. The standard InChI is InChI=1S/C18H18N2O/c19-12-16(14-6-2-1-3-7-14)13-20-17-9-5-4-8-15(17)10-11-18(20)21/h1-11,16H,12-13,19H2. The topological polar surface area (TPSA) is 48.0 Å². The Morgan fingerprint density at radius 2 is 1.62 bits per heavy atom. The van der Waals surface area contributed by atoms with Gasteiger partial charge in [0.2, 0.25) is 0 Å². The van der Waals surface area contributed by atoms with Crippen LogP contribution in [0.25, 0.3) is 10.9 Å². The van der Waals surface area contributed by atoms with Crippen molar-refractivity contribution < 1.29 is 0 Å². The minimum Gasteiger partial charge on any atom is -0.330 e. The summed E-state index contributed by atoms with van der Waals surface area (Å²) in [7, 11) is 0. The molecule has 2 N–H and O–H groups in total. The van der Waals surface area contributed by atoms with Gasteiger partial charge in [0.05, 0.1) is 5.52 Å². The van der Waals surface area contributed by atoms with Crippen LogP contribution in [0.3, 0.4) is 0 Å². The van der Waals surface area contributed by atoms with E-state index < -0.39 is 0 Å². The van der Waals surface area contributed by atoms with Gasteiger partial charge in [0.25, 0.3) is 5.56 Å². The molecule has 0 aliphatic carbocycles. The Hall–Kier alpha value is -2.39. The third kappa shape index (κ3) is 2.73. The van der Waals surface area contributed by atoms with Gasteiger partial charge in [-0.1, -0.05) is 48.5 Å². The molecule has 0 spiro atoms. The summed E-state index contributed by atoms with van der Waals surface area (Å²) in [5.41, 5.74) is 8.07. The lowest BCUT2D eigenvalue weighted by Gasteiger charge is -2.18. The van der Waals surface area contributed by atoms with Crippen LogP contribution < -0.4 is 11.3 Å². The third-order valence-corrected chi connectivity index (χ3v) is 3.86. The van der Waals surface area contributed by atoms with Crippen molar-refractivity contribution in [2.45, 2.75) is 12.5 Å². The second-order valence-electron chi connectivity index (χ2n) is 5.18. The number of pyridine rings is 1. The van der Waals surface area contributed by atoms with Crippen molar-refractivity contribution >= 4 is 10.9 Å². The monoisotopic (exact) mass is 278 g/mol. The van der Waals surface area contributed by atoms with Gasteiger partial charge in [-0.3, -0.25) is 4.79 Å². The van der Waals surface area contributed by atoms with Gasteiger partial charge in [0.1, 0.15) is 0 Å². The van der Waals surface area contributed by atoms with E-state index in [-0.39, 0.29) is 11.5 Å². The molecule has 3 aromatic rings. The fourth-order valence-corrected chi connectivity index (χ4v) is 2.69. The largest absolute Gasteiger partial charge is 0.330 e. The van der Waals surface area contributed by atoms with Crippen molar-refractivity contribution in [3.8, 4) is 0 Å². The molecule has 0 amide bonds. The quantitative estimate of drug-likeness (QED) is 0.797. The number of hydrogen-bond acceptors (Lipinski definition) is 2. The number of nitrogens with two attached hydrogens (primary N) is 1. The van der Waals surface area contributed by atoms with E-state index in [1.165, 1.54) is 5.56 Å². The second kappa shape index (κ2) is 5.94. The zero-order chi connectivity index (χ0) is 14.7. The molecule has 1 heterocycles. The van der Waals surface area contributed by atoms with Gasteiger partial charge >= 0.3 is 0 Å². The lowest BCUT2D eigenvalue weighted by Crippen LogP contribution is -2.26. The average molecular weight is 278 g/mol. The molecule has 3 nitrogen and oxygen atoms in total. The SMILES string of the molecule is NCC(Cn1c(=O)ccc2ccccc21)c1ccccc1. The fourth-order valence-electron chi connectivity index (χ4n) is 2.69. The zero-order valence-corrected chi connectivity index (χ0v) is 11.8. The first-order chi connectivity index (χ1) is 10.3. The van der Waals surface area contributed by atoms with Crippen molar-refractivity contribution in [2.24, 2.45) is 5.73 Å². The molecule has 1 unspecified atom stereocenters. The van der Waals surface area contributed by atoms with Crippen LogP contribution >= 0.6 is 0 Å². The molecule has 106 valence electrons. The highest BCUT2D eigenvalue weighted by Crippen LogP contribution is 2.19. The highest BCUT2D eigenvalue weighted by molar-refractivity contribution is 5.78. The lowest BCUT2D eigenvalue weighted by molar-refractivity contribution is 0.567. The summed E-state index contributed by atoms with van der Waals surface area (Å²) in [5.74, 6) is 0.134. The fraction of sp³-hybridized carbons (Fsp3) is 0.167. The van der Waals surface area contributed by atoms with Crippen LogP contribution in [-0.4, -0.2) is 11.1 Å². The predicted octanol–water partition coefficient (Wildman–Crippen LogP) is 2.74. The van der Waals surface area contributed by atoms with Crippen molar-refractivity contribution in [2.75, 3.05) is 6.54 Å². The van der Waals surface area contributed by atoms with Gasteiger partial charge in [-0.05, 0) is 23.1 Å². The highest BCUT2D eigenvalue weighted by atomic mass is 16.1. The molecule has 0 radical (unpaired) electrons. The smallest absolute Gasteiger partial charge is 0.251 e. The van der Waals surface area contributed by atoms with E-state index in [1.54, 1.807) is 6.07 Å². The van der Waals surface area contributed by atoms with Crippen molar-refractivity contribution in [1.82, 2.24) is 4.57 Å². The Bertz CT molecular complexity index is 793. The van der Waals surface area contributed by atoms with Crippen LogP contribution in [0.1, 0.15) is 11.5 Å². The molecule has 1 atom stereocenters. The highest BCUT2D eigenvalue weighted by Gasteiger charge is 2.12. The molecule has 0 aliphatic rings. The minimum absolute atomic E-state index is 0.0167. The van der Waals surface area contributed by atoms with Gasteiger partial charge in [-0.25, -0.2) is 0 Å². The molecule has 0 aliphatic heterocycles. The van der Waals surface area contributed by atoms with E-state index >= 15 is 0 Å². The van der Waals surface area contributed by atoms with Gasteiger partial charge in [0.15, 0.2) is 0 Å². The van der Waals surface area contributed by atoms with Crippen LogP contribution in [0, 0.1) is 0 Å². The Morgan fingerprint density at radius 1 is 0.905 bits per heavy atom. The molecule has 0 saturated heterocycles. The van der Waals surface area contributed by atoms with Crippen LogP contribution in [0.5, 0.6) is 0 Å². The summed E-state index contributed by atoms with van der Waals surface area (Å²) in [4.78, 5) is 12.2. The molecular weight excluding hydrogens is 260 g/mol. The van der Waals surface area contributed by atoms with Crippen LogP contribution in [-0.2, 0) is 6.54 Å². The third-order valence-electron chi connectivity index (χ3n) is 3.86. The van der Waals surface area contributed by atoms with E-state index in [1.807, 2.05) is 53.1 Å². The lowest BCUT2D eigenvalue weighted by atomic mass is 9.99. The molecule has 21 heavy (non-hydrogen) atoms. The van der Waals surface area contributed by atoms with Crippen LogP contribution in [0.2, 0.25) is 0 Å².